The van der Waals surface area contributed by atoms with Gasteiger partial charge >= 0.3 is 5.97 Å². The lowest BCUT2D eigenvalue weighted by Crippen LogP contribution is -2.37. The molecule has 0 aliphatic carbocycles. The summed E-state index contributed by atoms with van der Waals surface area (Å²) in [5.74, 6) is 0.0617. The molecule has 4 heteroatoms. The number of anilines is 2. The summed E-state index contributed by atoms with van der Waals surface area (Å²) >= 11 is 0. The molecule has 0 N–H and O–H groups in total. The average molecular weight is 302 g/mol. The number of benzene rings is 1. The van der Waals surface area contributed by atoms with Crippen LogP contribution in [0.25, 0.3) is 0 Å². The Morgan fingerprint density at radius 2 is 1.50 bits per heavy atom. The fourth-order valence-electron chi connectivity index (χ4n) is 3.48. The van der Waals surface area contributed by atoms with Gasteiger partial charge in [-0.15, -0.1) is 0 Å². The number of nitrogens with zero attached hydrogens (tertiary/aromatic N) is 2. The minimum atomic E-state index is -0.0217. The van der Waals surface area contributed by atoms with Crippen molar-refractivity contribution >= 4 is 17.3 Å². The Labute approximate surface area is 133 Å². The third kappa shape index (κ3) is 3.37. The lowest BCUT2D eigenvalue weighted by molar-refractivity contribution is -0.148. The van der Waals surface area contributed by atoms with Crippen molar-refractivity contribution in [1.82, 2.24) is 0 Å². The molecule has 1 aromatic carbocycles. The van der Waals surface area contributed by atoms with E-state index < -0.39 is 0 Å². The molecule has 0 spiro atoms. The molecule has 3 rings (SSSR count). The fraction of sp³-hybridized carbons (Fsp3) is 0.611. The molecular weight excluding hydrogens is 276 g/mol. The molecule has 0 amide bonds. The van der Waals surface area contributed by atoms with Gasteiger partial charge in [-0.25, -0.2) is 0 Å². The molecule has 0 atom stereocenters. The number of esters is 1. The smallest absolute Gasteiger partial charge is 0.309 e. The van der Waals surface area contributed by atoms with Gasteiger partial charge in [0.05, 0.1) is 12.5 Å². The zero-order chi connectivity index (χ0) is 15.4. The zero-order valence-electron chi connectivity index (χ0n) is 13.5. The number of carbonyl (C=O) groups excluding carboxylic acids is 1. The number of hydrogen-bond acceptors (Lipinski definition) is 4. The van der Waals surface area contributed by atoms with E-state index in [1.807, 2.05) is 6.92 Å². The summed E-state index contributed by atoms with van der Waals surface area (Å²) in [5.41, 5.74) is 2.60. The molecule has 0 unspecified atom stereocenters. The highest BCUT2D eigenvalue weighted by atomic mass is 16.5. The summed E-state index contributed by atoms with van der Waals surface area (Å²) in [4.78, 5) is 16.6. The normalized spacial score (nSPS) is 19.5. The Hall–Kier alpha value is -1.71. The molecule has 0 aromatic heterocycles. The van der Waals surface area contributed by atoms with Crippen LogP contribution in [0.5, 0.6) is 0 Å². The molecule has 0 radical (unpaired) electrons. The largest absolute Gasteiger partial charge is 0.466 e. The van der Waals surface area contributed by atoms with Crippen molar-refractivity contribution in [3.05, 3.63) is 24.3 Å². The van der Waals surface area contributed by atoms with Gasteiger partial charge in [-0.1, -0.05) is 0 Å². The van der Waals surface area contributed by atoms with E-state index in [1.54, 1.807) is 0 Å². The lowest BCUT2D eigenvalue weighted by atomic mass is 9.96. The molecule has 2 heterocycles. The van der Waals surface area contributed by atoms with E-state index in [1.165, 1.54) is 37.3 Å². The Balaban J connectivity index is 1.55. The molecule has 2 aliphatic rings. The highest BCUT2D eigenvalue weighted by Crippen LogP contribution is 2.27. The van der Waals surface area contributed by atoms with Gasteiger partial charge < -0.3 is 14.5 Å². The van der Waals surface area contributed by atoms with Crippen LogP contribution in [-0.4, -0.2) is 38.8 Å². The van der Waals surface area contributed by atoms with Crippen molar-refractivity contribution in [2.24, 2.45) is 5.92 Å². The average Bonchev–Trinajstić information content (AvgIpc) is 3.10. The minimum Gasteiger partial charge on any atom is -0.466 e. The Kier molecular flexibility index (Phi) is 4.86. The zero-order valence-corrected chi connectivity index (χ0v) is 13.5. The summed E-state index contributed by atoms with van der Waals surface area (Å²) in [5, 5.41) is 0. The number of hydrogen-bond donors (Lipinski definition) is 0. The van der Waals surface area contributed by atoms with Crippen molar-refractivity contribution in [1.29, 1.82) is 0 Å². The van der Waals surface area contributed by atoms with Gasteiger partial charge in [0.2, 0.25) is 0 Å². The first-order valence-corrected chi connectivity index (χ1v) is 8.54. The molecule has 4 nitrogen and oxygen atoms in total. The first-order chi connectivity index (χ1) is 10.8. The van der Waals surface area contributed by atoms with E-state index in [-0.39, 0.29) is 11.9 Å². The molecule has 0 saturated carbocycles. The van der Waals surface area contributed by atoms with Crippen LogP contribution in [0.2, 0.25) is 0 Å². The molecule has 22 heavy (non-hydrogen) atoms. The Bertz CT molecular complexity index is 486. The summed E-state index contributed by atoms with van der Waals surface area (Å²) in [7, 11) is 0. The molecular formula is C18H26N2O2. The second kappa shape index (κ2) is 7.03. The van der Waals surface area contributed by atoms with Crippen molar-refractivity contribution < 1.29 is 9.53 Å². The molecule has 120 valence electrons. The van der Waals surface area contributed by atoms with E-state index in [0.717, 1.165) is 25.9 Å². The molecule has 1 aromatic rings. The van der Waals surface area contributed by atoms with Crippen LogP contribution in [0, 0.1) is 5.92 Å². The van der Waals surface area contributed by atoms with Crippen LogP contribution in [0.1, 0.15) is 32.6 Å². The highest BCUT2D eigenvalue weighted by molar-refractivity contribution is 5.73. The van der Waals surface area contributed by atoms with E-state index in [0.29, 0.717) is 6.61 Å². The quantitative estimate of drug-likeness (QED) is 0.800. The van der Waals surface area contributed by atoms with Crippen molar-refractivity contribution in [2.75, 3.05) is 42.6 Å². The molecule has 2 saturated heterocycles. The van der Waals surface area contributed by atoms with Gasteiger partial charge in [-0.05, 0) is 56.9 Å². The monoisotopic (exact) mass is 302 g/mol. The summed E-state index contributed by atoms with van der Waals surface area (Å²) < 4.78 is 5.13. The number of carbonyl (C=O) groups is 1. The van der Waals surface area contributed by atoms with Crippen molar-refractivity contribution in [2.45, 2.75) is 32.6 Å². The summed E-state index contributed by atoms with van der Waals surface area (Å²) in [6.45, 7) is 6.60. The van der Waals surface area contributed by atoms with E-state index in [4.69, 9.17) is 4.74 Å². The van der Waals surface area contributed by atoms with Gasteiger partial charge in [0, 0.05) is 37.6 Å². The second-order valence-corrected chi connectivity index (χ2v) is 6.22. The van der Waals surface area contributed by atoms with E-state index in [9.17, 15) is 4.79 Å². The van der Waals surface area contributed by atoms with Gasteiger partial charge in [-0.3, -0.25) is 4.79 Å². The first kappa shape index (κ1) is 15.2. The van der Waals surface area contributed by atoms with Crippen LogP contribution >= 0.6 is 0 Å². The van der Waals surface area contributed by atoms with Crippen molar-refractivity contribution in [3.63, 3.8) is 0 Å². The summed E-state index contributed by atoms with van der Waals surface area (Å²) in [6, 6.07) is 8.91. The fourth-order valence-corrected chi connectivity index (χ4v) is 3.48. The highest BCUT2D eigenvalue weighted by Gasteiger charge is 2.26. The maximum absolute atomic E-state index is 11.8. The summed E-state index contributed by atoms with van der Waals surface area (Å²) in [6.07, 6.45) is 4.41. The SMILES string of the molecule is CCOC(=O)C1CCN(c2ccc(N3CCCC3)cc2)CC1. The maximum atomic E-state index is 11.8. The lowest BCUT2D eigenvalue weighted by Gasteiger charge is -2.32. The van der Waals surface area contributed by atoms with Gasteiger partial charge in [0.1, 0.15) is 0 Å². The third-order valence-electron chi connectivity index (χ3n) is 4.80. The topological polar surface area (TPSA) is 32.8 Å². The Morgan fingerprint density at radius 3 is 2.00 bits per heavy atom. The van der Waals surface area contributed by atoms with Gasteiger partial charge in [-0.2, -0.15) is 0 Å². The van der Waals surface area contributed by atoms with Crippen molar-refractivity contribution in [3.8, 4) is 0 Å². The standard InChI is InChI=1S/C18H26N2O2/c1-2-22-18(21)15-9-13-20(14-10-15)17-7-5-16(6-8-17)19-11-3-4-12-19/h5-8,15H,2-4,9-14H2,1H3. The van der Waals surface area contributed by atoms with Crippen LogP contribution in [0.3, 0.4) is 0 Å². The minimum absolute atomic E-state index is 0.0217. The van der Waals surface area contributed by atoms with Crippen LogP contribution in [0.4, 0.5) is 11.4 Å². The van der Waals surface area contributed by atoms with E-state index >= 15 is 0 Å². The Morgan fingerprint density at radius 1 is 1.00 bits per heavy atom. The van der Waals surface area contributed by atoms with Gasteiger partial charge in [0.25, 0.3) is 0 Å². The molecule has 0 bridgehead atoms. The molecule has 2 aliphatic heterocycles. The first-order valence-electron chi connectivity index (χ1n) is 8.54. The predicted octanol–water partition coefficient (Wildman–Crippen LogP) is 3.07. The van der Waals surface area contributed by atoms with E-state index in [2.05, 4.69) is 34.1 Å². The van der Waals surface area contributed by atoms with Crippen LogP contribution in [0.15, 0.2) is 24.3 Å². The van der Waals surface area contributed by atoms with Crippen LogP contribution < -0.4 is 9.80 Å². The number of piperidine rings is 1. The second-order valence-electron chi connectivity index (χ2n) is 6.22. The predicted molar refractivity (Wildman–Crippen MR) is 89.5 cm³/mol. The molecule has 2 fully saturated rings. The van der Waals surface area contributed by atoms with Crippen LogP contribution in [-0.2, 0) is 9.53 Å². The maximum Gasteiger partial charge on any atom is 0.309 e. The third-order valence-corrected chi connectivity index (χ3v) is 4.80. The van der Waals surface area contributed by atoms with Gasteiger partial charge in [0.15, 0.2) is 0 Å². The number of rotatable bonds is 4. The number of ether oxygens (including phenoxy) is 1.